The molecular weight excluding hydrogens is 276 g/mol. The highest BCUT2D eigenvalue weighted by Crippen LogP contribution is 2.25. The zero-order valence-corrected chi connectivity index (χ0v) is 11.1. The molecule has 3 nitrogen and oxygen atoms in total. The van der Waals surface area contributed by atoms with Crippen LogP contribution in [0.5, 0.6) is 5.75 Å². The Morgan fingerprint density at radius 1 is 1.14 bits per heavy atom. The SMILES string of the molecule is COc1ccc(C(=O)c2c[nH]c3cccc(F)c23)cc1F. The average molecular weight is 287 g/mol. The number of ether oxygens (including phenoxy) is 1. The lowest BCUT2D eigenvalue weighted by Gasteiger charge is -2.04. The predicted octanol–water partition coefficient (Wildman–Crippen LogP) is 3.69. The fraction of sp³-hybridized carbons (Fsp3) is 0.0625. The number of aromatic nitrogens is 1. The second-order valence-corrected chi connectivity index (χ2v) is 4.54. The van der Waals surface area contributed by atoms with E-state index in [1.54, 1.807) is 12.1 Å². The lowest BCUT2D eigenvalue weighted by atomic mass is 10.0. The van der Waals surface area contributed by atoms with Crippen LogP contribution in [0.1, 0.15) is 15.9 Å². The number of rotatable bonds is 3. The van der Waals surface area contributed by atoms with Crippen molar-refractivity contribution < 1.29 is 18.3 Å². The molecule has 5 heteroatoms. The summed E-state index contributed by atoms with van der Waals surface area (Å²) < 4.78 is 32.4. The van der Waals surface area contributed by atoms with Gasteiger partial charge in [-0.2, -0.15) is 0 Å². The van der Waals surface area contributed by atoms with Gasteiger partial charge in [-0.15, -0.1) is 0 Å². The lowest BCUT2D eigenvalue weighted by Crippen LogP contribution is -2.02. The molecule has 0 saturated heterocycles. The van der Waals surface area contributed by atoms with E-state index in [9.17, 15) is 13.6 Å². The zero-order chi connectivity index (χ0) is 15.0. The molecule has 0 aliphatic rings. The number of H-pyrrole nitrogens is 1. The van der Waals surface area contributed by atoms with E-state index >= 15 is 0 Å². The maximum Gasteiger partial charge on any atom is 0.195 e. The van der Waals surface area contributed by atoms with Crippen LogP contribution in [0, 0.1) is 11.6 Å². The third kappa shape index (κ3) is 2.16. The van der Waals surface area contributed by atoms with E-state index in [2.05, 4.69) is 4.98 Å². The van der Waals surface area contributed by atoms with Crippen molar-refractivity contribution in [2.45, 2.75) is 0 Å². The van der Waals surface area contributed by atoms with Gasteiger partial charge in [0.1, 0.15) is 5.82 Å². The van der Waals surface area contributed by atoms with Gasteiger partial charge in [0, 0.05) is 22.7 Å². The highest BCUT2D eigenvalue weighted by molar-refractivity contribution is 6.16. The number of carbonyl (C=O) groups is 1. The van der Waals surface area contributed by atoms with Crippen LogP contribution in [0.2, 0.25) is 0 Å². The maximum absolute atomic E-state index is 13.9. The van der Waals surface area contributed by atoms with Crippen molar-refractivity contribution in [1.29, 1.82) is 0 Å². The number of halogens is 2. The van der Waals surface area contributed by atoms with Crippen molar-refractivity contribution in [2.24, 2.45) is 0 Å². The lowest BCUT2D eigenvalue weighted by molar-refractivity contribution is 0.103. The second kappa shape index (κ2) is 5.01. The molecule has 0 aliphatic carbocycles. The Bertz CT molecular complexity index is 839. The molecule has 0 atom stereocenters. The Morgan fingerprint density at radius 3 is 2.67 bits per heavy atom. The fourth-order valence-electron chi connectivity index (χ4n) is 2.28. The number of hydrogen-bond acceptors (Lipinski definition) is 2. The van der Waals surface area contributed by atoms with E-state index in [0.717, 1.165) is 6.07 Å². The first-order chi connectivity index (χ1) is 10.1. The third-order valence-electron chi connectivity index (χ3n) is 3.31. The van der Waals surface area contributed by atoms with Crippen molar-refractivity contribution >= 4 is 16.7 Å². The number of nitrogens with one attached hydrogen (secondary N) is 1. The molecule has 3 rings (SSSR count). The van der Waals surface area contributed by atoms with Gasteiger partial charge in [-0.05, 0) is 30.3 Å². The van der Waals surface area contributed by atoms with Crippen LogP contribution in [-0.4, -0.2) is 17.9 Å². The number of carbonyl (C=O) groups excluding carboxylic acids is 1. The summed E-state index contributed by atoms with van der Waals surface area (Å²) in [5.41, 5.74) is 0.831. The van der Waals surface area contributed by atoms with E-state index in [0.29, 0.717) is 5.52 Å². The first-order valence-corrected chi connectivity index (χ1v) is 6.25. The van der Waals surface area contributed by atoms with Crippen LogP contribution >= 0.6 is 0 Å². The predicted molar refractivity (Wildman–Crippen MR) is 74.6 cm³/mol. The van der Waals surface area contributed by atoms with Gasteiger partial charge in [-0.3, -0.25) is 4.79 Å². The zero-order valence-electron chi connectivity index (χ0n) is 11.1. The summed E-state index contributed by atoms with van der Waals surface area (Å²) in [5, 5.41) is 0.207. The number of benzene rings is 2. The molecule has 0 unspecified atom stereocenters. The molecular formula is C16H11F2NO2. The number of ketones is 1. The smallest absolute Gasteiger partial charge is 0.195 e. The summed E-state index contributed by atoms with van der Waals surface area (Å²) in [4.78, 5) is 15.3. The minimum absolute atomic E-state index is 0.0525. The molecule has 106 valence electrons. The summed E-state index contributed by atoms with van der Waals surface area (Å²) >= 11 is 0. The Balaban J connectivity index is 2.11. The minimum Gasteiger partial charge on any atom is -0.494 e. The van der Waals surface area contributed by atoms with Gasteiger partial charge in [0.05, 0.1) is 12.7 Å². The van der Waals surface area contributed by atoms with E-state index in [4.69, 9.17) is 4.74 Å². The molecule has 0 bridgehead atoms. The number of aromatic amines is 1. The molecule has 0 amide bonds. The van der Waals surface area contributed by atoms with Gasteiger partial charge in [0.25, 0.3) is 0 Å². The van der Waals surface area contributed by atoms with E-state index in [-0.39, 0.29) is 22.3 Å². The molecule has 0 fully saturated rings. The van der Waals surface area contributed by atoms with E-state index < -0.39 is 17.4 Å². The van der Waals surface area contributed by atoms with Gasteiger partial charge in [-0.1, -0.05) is 6.07 Å². The van der Waals surface area contributed by atoms with Crippen LogP contribution < -0.4 is 4.74 Å². The number of methoxy groups -OCH3 is 1. The molecule has 1 N–H and O–H groups in total. The van der Waals surface area contributed by atoms with Crippen molar-refractivity contribution in [3.63, 3.8) is 0 Å². The highest BCUT2D eigenvalue weighted by Gasteiger charge is 2.18. The molecule has 0 spiro atoms. The van der Waals surface area contributed by atoms with Crippen LogP contribution in [0.15, 0.2) is 42.6 Å². The Hall–Kier alpha value is -2.69. The summed E-state index contributed by atoms with van der Waals surface area (Å²) in [6.07, 6.45) is 1.43. The van der Waals surface area contributed by atoms with Crippen molar-refractivity contribution in [1.82, 2.24) is 4.98 Å². The molecule has 1 aromatic heterocycles. The van der Waals surface area contributed by atoms with Crippen molar-refractivity contribution in [3.05, 3.63) is 65.4 Å². The molecule has 0 radical (unpaired) electrons. The van der Waals surface area contributed by atoms with Gasteiger partial charge < -0.3 is 9.72 Å². The third-order valence-corrected chi connectivity index (χ3v) is 3.31. The summed E-state index contributed by atoms with van der Waals surface area (Å²) in [7, 11) is 1.34. The van der Waals surface area contributed by atoms with Crippen LogP contribution in [0.4, 0.5) is 8.78 Å². The molecule has 3 aromatic rings. The van der Waals surface area contributed by atoms with Gasteiger partial charge >= 0.3 is 0 Å². The first-order valence-electron chi connectivity index (χ1n) is 6.25. The number of hydrogen-bond donors (Lipinski definition) is 1. The maximum atomic E-state index is 13.9. The molecule has 1 heterocycles. The molecule has 0 aliphatic heterocycles. The van der Waals surface area contributed by atoms with Crippen molar-refractivity contribution in [3.8, 4) is 5.75 Å². The Morgan fingerprint density at radius 2 is 1.95 bits per heavy atom. The van der Waals surface area contributed by atoms with E-state index in [1.165, 1.54) is 31.5 Å². The molecule has 21 heavy (non-hydrogen) atoms. The minimum atomic E-state index is -0.635. The van der Waals surface area contributed by atoms with Crippen LogP contribution in [-0.2, 0) is 0 Å². The highest BCUT2D eigenvalue weighted by atomic mass is 19.1. The van der Waals surface area contributed by atoms with Crippen LogP contribution in [0.25, 0.3) is 10.9 Å². The quantitative estimate of drug-likeness (QED) is 0.746. The second-order valence-electron chi connectivity index (χ2n) is 4.54. The van der Waals surface area contributed by atoms with Gasteiger partial charge in [-0.25, -0.2) is 8.78 Å². The average Bonchev–Trinajstić information content (AvgIpc) is 2.92. The standard InChI is InChI=1S/C16H11F2NO2/c1-21-14-6-5-9(7-12(14)18)16(20)10-8-19-13-4-2-3-11(17)15(10)13/h2-8,19H,1H3. The van der Waals surface area contributed by atoms with Gasteiger partial charge in [0.2, 0.25) is 0 Å². The Labute approximate surface area is 119 Å². The first kappa shape index (κ1) is 13.3. The summed E-state index contributed by atoms with van der Waals surface area (Å²) in [6, 6.07) is 8.40. The summed E-state index contributed by atoms with van der Waals surface area (Å²) in [5.74, 6) is -1.53. The Kier molecular flexibility index (Phi) is 3.17. The monoisotopic (exact) mass is 287 g/mol. The normalized spacial score (nSPS) is 10.8. The number of fused-ring (bicyclic) bond motifs is 1. The van der Waals surface area contributed by atoms with E-state index in [1.807, 2.05) is 0 Å². The fourth-order valence-corrected chi connectivity index (χ4v) is 2.28. The van der Waals surface area contributed by atoms with Gasteiger partial charge in [0.15, 0.2) is 17.3 Å². The molecule has 2 aromatic carbocycles. The largest absolute Gasteiger partial charge is 0.494 e. The van der Waals surface area contributed by atoms with Crippen LogP contribution in [0.3, 0.4) is 0 Å². The van der Waals surface area contributed by atoms with Crippen molar-refractivity contribution in [2.75, 3.05) is 7.11 Å². The summed E-state index contributed by atoms with van der Waals surface area (Å²) in [6.45, 7) is 0. The molecule has 0 saturated carbocycles. The topological polar surface area (TPSA) is 42.1 Å².